The van der Waals surface area contributed by atoms with Crippen molar-refractivity contribution in [1.82, 2.24) is 5.32 Å². The van der Waals surface area contributed by atoms with E-state index < -0.39 is 10.8 Å². The summed E-state index contributed by atoms with van der Waals surface area (Å²) in [7, 11) is 0. The van der Waals surface area contributed by atoms with Crippen LogP contribution in [0.2, 0.25) is 0 Å². The summed E-state index contributed by atoms with van der Waals surface area (Å²) in [5.41, 5.74) is 5.67. The number of amides is 1. The summed E-state index contributed by atoms with van der Waals surface area (Å²) in [6.07, 6.45) is 5.61. The molecule has 0 heterocycles. The molecule has 1 aromatic rings. The Kier molecular flexibility index (Phi) is 5.90. The van der Waals surface area contributed by atoms with Crippen molar-refractivity contribution in [2.45, 2.75) is 38.1 Å². The molecule has 0 spiro atoms. The maximum atomic E-state index is 12.4. The van der Waals surface area contributed by atoms with Gasteiger partial charge in [0.05, 0.1) is 4.92 Å². The van der Waals surface area contributed by atoms with Crippen molar-refractivity contribution in [3.63, 3.8) is 0 Å². The molecule has 1 fully saturated rings. The summed E-state index contributed by atoms with van der Waals surface area (Å²) in [6, 6.07) is 4.30. The van der Waals surface area contributed by atoms with E-state index in [1.165, 1.54) is 18.6 Å². The number of nitro benzene ring substituents is 1. The lowest BCUT2D eigenvalue weighted by molar-refractivity contribution is -0.385. The van der Waals surface area contributed by atoms with Crippen LogP contribution in [0.1, 0.15) is 42.5 Å². The molecule has 1 aromatic carbocycles. The fraction of sp³-hybridized carbons (Fsp3) is 0.533. The molecule has 2 rings (SSSR count). The number of nitro groups is 1. The Labute approximate surface area is 137 Å². The van der Waals surface area contributed by atoms with Crippen molar-refractivity contribution >= 4 is 27.5 Å². The highest BCUT2D eigenvalue weighted by atomic mass is 79.9. The smallest absolute Gasteiger partial charge is 0.283 e. The Morgan fingerprint density at radius 1 is 1.41 bits per heavy atom. The van der Waals surface area contributed by atoms with Gasteiger partial charge in [-0.1, -0.05) is 35.2 Å². The molecule has 3 N–H and O–H groups in total. The predicted molar refractivity (Wildman–Crippen MR) is 87.7 cm³/mol. The van der Waals surface area contributed by atoms with Crippen LogP contribution in [0.15, 0.2) is 22.7 Å². The quantitative estimate of drug-likeness (QED) is 0.615. The minimum atomic E-state index is -0.544. The molecule has 1 amide bonds. The van der Waals surface area contributed by atoms with E-state index in [1.54, 1.807) is 6.07 Å². The minimum absolute atomic E-state index is 0.0717. The lowest BCUT2D eigenvalue weighted by Gasteiger charge is -2.30. The maximum Gasteiger partial charge on any atom is 0.283 e. The zero-order valence-electron chi connectivity index (χ0n) is 12.3. The molecule has 0 saturated heterocycles. The van der Waals surface area contributed by atoms with E-state index in [1.807, 2.05) is 0 Å². The van der Waals surface area contributed by atoms with E-state index in [0.717, 1.165) is 25.7 Å². The maximum absolute atomic E-state index is 12.4. The molecule has 1 saturated carbocycles. The predicted octanol–water partition coefficient (Wildman–Crippen LogP) is 2.99. The molecule has 120 valence electrons. The normalized spacial score (nSPS) is 17.0. The Hall–Kier alpha value is -1.47. The van der Waals surface area contributed by atoms with E-state index in [9.17, 15) is 14.9 Å². The van der Waals surface area contributed by atoms with Gasteiger partial charge in [-0.3, -0.25) is 14.9 Å². The summed E-state index contributed by atoms with van der Waals surface area (Å²) >= 11 is 3.18. The van der Waals surface area contributed by atoms with Gasteiger partial charge in [0.25, 0.3) is 11.6 Å². The van der Waals surface area contributed by atoms with Gasteiger partial charge in [-0.25, -0.2) is 0 Å². The van der Waals surface area contributed by atoms with E-state index in [2.05, 4.69) is 21.2 Å². The first-order valence-electron chi connectivity index (χ1n) is 7.47. The van der Waals surface area contributed by atoms with E-state index >= 15 is 0 Å². The summed E-state index contributed by atoms with van der Waals surface area (Å²) in [4.78, 5) is 23.0. The van der Waals surface area contributed by atoms with Crippen molar-refractivity contribution in [3.8, 4) is 0 Å². The molecule has 1 atom stereocenters. The van der Waals surface area contributed by atoms with E-state index in [4.69, 9.17) is 5.73 Å². The molecule has 0 bridgehead atoms. The molecule has 1 aliphatic rings. The number of nitrogens with zero attached hydrogens (tertiary/aromatic N) is 1. The third kappa shape index (κ3) is 4.04. The lowest BCUT2D eigenvalue weighted by Crippen LogP contribution is -2.46. The first kappa shape index (κ1) is 16.9. The molecule has 1 aliphatic carbocycles. The second-order valence-corrected chi connectivity index (χ2v) is 6.55. The van der Waals surface area contributed by atoms with Gasteiger partial charge in [-0.05, 0) is 30.9 Å². The van der Waals surface area contributed by atoms with Crippen molar-refractivity contribution in [1.29, 1.82) is 0 Å². The van der Waals surface area contributed by atoms with Crippen LogP contribution >= 0.6 is 15.9 Å². The minimum Gasteiger partial charge on any atom is -0.348 e. The number of nitrogens with one attached hydrogen (secondary N) is 1. The van der Waals surface area contributed by atoms with Crippen LogP contribution in [0.25, 0.3) is 0 Å². The largest absolute Gasteiger partial charge is 0.348 e. The van der Waals surface area contributed by atoms with Gasteiger partial charge in [0.2, 0.25) is 0 Å². The standard InChI is InChI=1S/C15H20BrN3O3/c16-11-6-7-12(14(8-11)19(21)22)15(20)18-13(9-17)10-4-2-1-3-5-10/h6-8,10,13H,1-5,9,17H2,(H,18,20). The summed E-state index contributed by atoms with van der Waals surface area (Å²) < 4.78 is 0.568. The summed E-state index contributed by atoms with van der Waals surface area (Å²) in [6.45, 7) is 0.348. The first-order valence-corrected chi connectivity index (χ1v) is 8.27. The molecule has 6 nitrogen and oxygen atoms in total. The number of rotatable bonds is 5. The Morgan fingerprint density at radius 2 is 2.09 bits per heavy atom. The van der Waals surface area contributed by atoms with Gasteiger partial charge < -0.3 is 11.1 Å². The van der Waals surface area contributed by atoms with E-state index in [-0.39, 0.29) is 17.3 Å². The van der Waals surface area contributed by atoms with Gasteiger partial charge in [-0.2, -0.15) is 0 Å². The number of hydrogen-bond donors (Lipinski definition) is 2. The average Bonchev–Trinajstić information content (AvgIpc) is 2.53. The molecular formula is C15H20BrN3O3. The zero-order chi connectivity index (χ0) is 16.1. The van der Waals surface area contributed by atoms with Gasteiger partial charge in [0.15, 0.2) is 0 Å². The number of carbonyl (C=O) groups excluding carboxylic acids is 1. The average molecular weight is 370 g/mol. The number of carbonyl (C=O) groups is 1. The molecule has 22 heavy (non-hydrogen) atoms. The molecule has 0 aliphatic heterocycles. The summed E-state index contributed by atoms with van der Waals surface area (Å²) in [5.74, 6) is -0.0718. The lowest BCUT2D eigenvalue weighted by atomic mass is 9.84. The zero-order valence-corrected chi connectivity index (χ0v) is 13.8. The molecular weight excluding hydrogens is 350 g/mol. The topological polar surface area (TPSA) is 98.3 Å². The summed E-state index contributed by atoms with van der Waals surface area (Å²) in [5, 5.41) is 14.0. The second kappa shape index (κ2) is 7.69. The fourth-order valence-corrected chi connectivity index (χ4v) is 3.35. The van der Waals surface area contributed by atoms with Crippen LogP contribution < -0.4 is 11.1 Å². The highest BCUT2D eigenvalue weighted by Gasteiger charge is 2.27. The third-order valence-corrected chi connectivity index (χ3v) is 4.68. The number of hydrogen-bond acceptors (Lipinski definition) is 4. The monoisotopic (exact) mass is 369 g/mol. The number of nitrogens with two attached hydrogens (primary N) is 1. The van der Waals surface area contributed by atoms with Gasteiger partial charge in [0, 0.05) is 23.1 Å². The van der Waals surface area contributed by atoms with Crippen LogP contribution in [0.5, 0.6) is 0 Å². The van der Waals surface area contributed by atoms with Crippen molar-refractivity contribution in [2.24, 2.45) is 11.7 Å². The molecule has 1 unspecified atom stereocenters. The fourth-order valence-electron chi connectivity index (χ4n) is 3.00. The van der Waals surface area contributed by atoms with Crippen molar-refractivity contribution in [2.75, 3.05) is 6.54 Å². The van der Waals surface area contributed by atoms with Crippen LogP contribution in [0.4, 0.5) is 5.69 Å². The van der Waals surface area contributed by atoms with Gasteiger partial charge in [0.1, 0.15) is 5.56 Å². The van der Waals surface area contributed by atoms with Crippen LogP contribution in [-0.4, -0.2) is 23.4 Å². The van der Waals surface area contributed by atoms with Gasteiger partial charge in [-0.15, -0.1) is 0 Å². The molecule has 7 heteroatoms. The van der Waals surface area contributed by atoms with Crippen molar-refractivity contribution in [3.05, 3.63) is 38.3 Å². The van der Waals surface area contributed by atoms with Crippen molar-refractivity contribution < 1.29 is 9.72 Å². The highest BCUT2D eigenvalue weighted by Crippen LogP contribution is 2.27. The number of benzene rings is 1. The second-order valence-electron chi connectivity index (χ2n) is 5.63. The van der Waals surface area contributed by atoms with Crippen LogP contribution in [0, 0.1) is 16.0 Å². The third-order valence-electron chi connectivity index (χ3n) is 4.19. The Balaban J connectivity index is 2.15. The van der Waals surface area contributed by atoms with Gasteiger partial charge >= 0.3 is 0 Å². The SMILES string of the molecule is NCC(NC(=O)c1ccc(Br)cc1[N+](=O)[O-])C1CCCCC1. The van der Waals surface area contributed by atoms with Crippen LogP contribution in [-0.2, 0) is 0 Å². The Bertz CT molecular complexity index is 559. The Morgan fingerprint density at radius 3 is 2.68 bits per heavy atom. The highest BCUT2D eigenvalue weighted by molar-refractivity contribution is 9.10. The number of halogens is 1. The molecule has 0 aromatic heterocycles. The first-order chi connectivity index (χ1) is 10.5. The van der Waals surface area contributed by atoms with Crippen LogP contribution in [0.3, 0.4) is 0 Å². The molecule has 0 radical (unpaired) electrons. The van der Waals surface area contributed by atoms with E-state index in [0.29, 0.717) is 16.9 Å².